The lowest BCUT2D eigenvalue weighted by Gasteiger charge is -2.32. The summed E-state index contributed by atoms with van der Waals surface area (Å²) in [5.41, 5.74) is 0. The highest BCUT2D eigenvalue weighted by Gasteiger charge is 2.25. The van der Waals surface area contributed by atoms with Crippen molar-refractivity contribution in [1.82, 2.24) is 10.6 Å². The number of nitrogens with one attached hydrogen (secondary N) is 2. The molecule has 0 aliphatic heterocycles. The molecule has 5 heteroatoms. The summed E-state index contributed by atoms with van der Waals surface area (Å²) in [6, 6.07) is -0.0359. The second-order valence-corrected chi connectivity index (χ2v) is 5.56. The molecule has 0 aromatic rings. The Kier molecular flexibility index (Phi) is 5.44. The third-order valence-corrected chi connectivity index (χ3v) is 3.92. The van der Waals surface area contributed by atoms with Crippen LogP contribution >= 0.6 is 0 Å². The van der Waals surface area contributed by atoms with E-state index in [1.807, 2.05) is 0 Å². The Hall–Kier alpha value is -1.26. The number of rotatable bonds is 4. The fraction of sp³-hybridized carbons (Fsp3) is 0.846. The van der Waals surface area contributed by atoms with Crippen LogP contribution in [0.5, 0.6) is 0 Å². The summed E-state index contributed by atoms with van der Waals surface area (Å²) in [4.78, 5) is 22.2. The van der Waals surface area contributed by atoms with Crippen molar-refractivity contribution in [1.29, 1.82) is 0 Å². The number of carbonyl (C=O) groups is 2. The van der Waals surface area contributed by atoms with Crippen molar-refractivity contribution in [2.75, 3.05) is 6.54 Å². The zero-order chi connectivity index (χ0) is 13.7. The normalized spacial score (nSPS) is 29.4. The molecule has 0 heterocycles. The second kappa shape index (κ2) is 6.61. The summed E-state index contributed by atoms with van der Waals surface area (Å²) in [6.07, 6.45) is 3.15. The molecule has 0 bridgehead atoms. The third kappa shape index (κ3) is 4.55. The van der Waals surface area contributed by atoms with Crippen molar-refractivity contribution in [2.24, 2.45) is 17.8 Å². The van der Waals surface area contributed by atoms with E-state index in [0.717, 1.165) is 25.2 Å². The van der Waals surface area contributed by atoms with Crippen LogP contribution in [0.15, 0.2) is 0 Å². The molecule has 1 aliphatic rings. The summed E-state index contributed by atoms with van der Waals surface area (Å²) in [6.45, 7) is 6.20. The highest BCUT2D eigenvalue weighted by molar-refractivity contribution is 5.75. The Labute approximate surface area is 108 Å². The predicted molar refractivity (Wildman–Crippen MR) is 69.3 cm³/mol. The Balaban J connectivity index is 2.26. The Morgan fingerprint density at radius 3 is 2.50 bits per heavy atom. The van der Waals surface area contributed by atoms with Gasteiger partial charge in [-0.3, -0.25) is 4.79 Å². The van der Waals surface area contributed by atoms with Crippen LogP contribution in [-0.4, -0.2) is 29.7 Å². The SMILES string of the molecule is CC(CNC(=O)NC1CCC(C)C(C)C1)C(=O)O. The van der Waals surface area contributed by atoms with Gasteiger partial charge in [0.25, 0.3) is 0 Å². The van der Waals surface area contributed by atoms with Crippen LogP contribution in [0.3, 0.4) is 0 Å². The zero-order valence-corrected chi connectivity index (χ0v) is 11.4. The van der Waals surface area contributed by atoms with Crippen molar-refractivity contribution in [3.8, 4) is 0 Å². The smallest absolute Gasteiger partial charge is 0.315 e. The molecule has 2 amide bonds. The van der Waals surface area contributed by atoms with Gasteiger partial charge in [0.05, 0.1) is 5.92 Å². The van der Waals surface area contributed by atoms with Crippen molar-refractivity contribution in [2.45, 2.75) is 46.1 Å². The maximum Gasteiger partial charge on any atom is 0.315 e. The van der Waals surface area contributed by atoms with E-state index >= 15 is 0 Å². The molecular formula is C13H24N2O3. The Bertz CT molecular complexity index is 307. The number of carboxylic acids is 1. The highest BCUT2D eigenvalue weighted by atomic mass is 16.4. The van der Waals surface area contributed by atoms with Crippen molar-refractivity contribution < 1.29 is 14.7 Å². The monoisotopic (exact) mass is 256 g/mol. The lowest BCUT2D eigenvalue weighted by atomic mass is 9.79. The minimum absolute atomic E-state index is 0.167. The average Bonchev–Trinajstić information content (AvgIpc) is 2.30. The first-order valence-corrected chi connectivity index (χ1v) is 6.67. The van der Waals surface area contributed by atoms with E-state index in [1.54, 1.807) is 6.92 Å². The van der Waals surface area contributed by atoms with Crippen molar-refractivity contribution in [3.05, 3.63) is 0 Å². The lowest BCUT2D eigenvalue weighted by molar-refractivity contribution is -0.140. The molecule has 1 rings (SSSR count). The molecule has 0 aromatic heterocycles. The molecular weight excluding hydrogens is 232 g/mol. The summed E-state index contributed by atoms with van der Waals surface area (Å²) in [7, 11) is 0. The van der Waals surface area contributed by atoms with Crippen LogP contribution in [0.2, 0.25) is 0 Å². The summed E-state index contributed by atoms with van der Waals surface area (Å²) in [5.74, 6) is -0.100. The van der Waals surface area contributed by atoms with Gasteiger partial charge < -0.3 is 15.7 Å². The first-order valence-electron chi connectivity index (χ1n) is 6.67. The number of hydrogen-bond donors (Lipinski definition) is 3. The predicted octanol–water partition coefficient (Wildman–Crippen LogP) is 1.83. The topological polar surface area (TPSA) is 78.4 Å². The highest BCUT2D eigenvalue weighted by Crippen LogP contribution is 2.29. The molecule has 104 valence electrons. The molecule has 4 atom stereocenters. The molecule has 5 nitrogen and oxygen atoms in total. The van der Waals surface area contributed by atoms with Crippen molar-refractivity contribution in [3.63, 3.8) is 0 Å². The van der Waals surface area contributed by atoms with E-state index in [1.165, 1.54) is 0 Å². The average molecular weight is 256 g/mol. The van der Waals surface area contributed by atoms with Gasteiger partial charge in [0, 0.05) is 12.6 Å². The van der Waals surface area contributed by atoms with Gasteiger partial charge in [-0.15, -0.1) is 0 Å². The Morgan fingerprint density at radius 1 is 1.28 bits per heavy atom. The van der Waals surface area contributed by atoms with Gasteiger partial charge in [0.1, 0.15) is 0 Å². The van der Waals surface area contributed by atoms with Gasteiger partial charge in [0.15, 0.2) is 0 Å². The third-order valence-electron chi connectivity index (χ3n) is 3.92. The number of carbonyl (C=O) groups excluding carboxylic acids is 1. The molecule has 0 aromatic carbocycles. The minimum atomic E-state index is -0.893. The van der Waals surface area contributed by atoms with E-state index in [0.29, 0.717) is 5.92 Å². The summed E-state index contributed by atoms with van der Waals surface area (Å²) < 4.78 is 0. The lowest BCUT2D eigenvalue weighted by Crippen LogP contribution is -2.46. The fourth-order valence-corrected chi connectivity index (χ4v) is 2.25. The van der Waals surface area contributed by atoms with E-state index in [2.05, 4.69) is 24.5 Å². The first kappa shape index (κ1) is 14.8. The van der Waals surface area contributed by atoms with Gasteiger partial charge in [0.2, 0.25) is 0 Å². The molecule has 0 radical (unpaired) electrons. The maximum absolute atomic E-state index is 11.6. The van der Waals surface area contributed by atoms with Crippen LogP contribution < -0.4 is 10.6 Å². The fourth-order valence-electron chi connectivity index (χ4n) is 2.25. The van der Waals surface area contributed by atoms with Crippen LogP contribution in [0.1, 0.15) is 40.0 Å². The molecule has 1 saturated carbocycles. The summed E-state index contributed by atoms with van der Waals surface area (Å²) >= 11 is 0. The van der Waals surface area contributed by atoms with E-state index in [-0.39, 0.29) is 18.6 Å². The summed E-state index contributed by atoms with van der Waals surface area (Å²) in [5, 5.41) is 14.2. The maximum atomic E-state index is 11.6. The molecule has 4 unspecified atom stereocenters. The van der Waals surface area contributed by atoms with Gasteiger partial charge in [-0.1, -0.05) is 20.8 Å². The van der Waals surface area contributed by atoms with Gasteiger partial charge in [-0.05, 0) is 31.1 Å². The standard InChI is InChI=1S/C13H24N2O3/c1-8-4-5-11(6-9(8)2)15-13(18)14-7-10(3)12(16)17/h8-11H,4-7H2,1-3H3,(H,16,17)(H2,14,15,18). The molecule has 1 aliphatic carbocycles. The Morgan fingerprint density at radius 2 is 1.94 bits per heavy atom. The molecule has 18 heavy (non-hydrogen) atoms. The molecule has 3 N–H and O–H groups in total. The van der Waals surface area contributed by atoms with Gasteiger partial charge in [-0.2, -0.15) is 0 Å². The van der Waals surface area contributed by atoms with Crippen LogP contribution in [0.4, 0.5) is 4.79 Å². The van der Waals surface area contributed by atoms with Crippen LogP contribution in [-0.2, 0) is 4.79 Å². The minimum Gasteiger partial charge on any atom is -0.481 e. The second-order valence-electron chi connectivity index (χ2n) is 5.56. The van der Waals surface area contributed by atoms with Gasteiger partial charge in [-0.25, -0.2) is 4.79 Å². The van der Waals surface area contributed by atoms with E-state index in [4.69, 9.17) is 5.11 Å². The van der Waals surface area contributed by atoms with E-state index in [9.17, 15) is 9.59 Å². The molecule has 0 spiro atoms. The quantitative estimate of drug-likeness (QED) is 0.718. The number of carboxylic acid groups (broad SMARTS) is 1. The first-order chi connectivity index (χ1) is 8.40. The number of aliphatic carboxylic acids is 1. The molecule has 0 saturated heterocycles. The number of urea groups is 1. The van der Waals surface area contributed by atoms with Gasteiger partial charge >= 0.3 is 12.0 Å². The van der Waals surface area contributed by atoms with Crippen LogP contribution in [0, 0.1) is 17.8 Å². The molecule has 1 fully saturated rings. The largest absolute Gasteiger partial charge is 0.481 e. The zero-order valence-electron chi connectivity index (χ0n) is 11.4. The number of hydrogen-bond acceptors (Lipinski definition) is 2. The number of amides is 2. The van der Waals surface area contributed by atoms with E-state index < -0.39 is 11.9 Å². The van der Waals surface area contributed by atoms with Crippen LogP contribution in [0.25, 0.3) is 0 Å². The van der Waals surface area contributed by atoms with Crippen molar-refractivity contribution >= 4 is 12.0 Å².